The lowest BCUT2D eigenvalue weighted by atomic mass is 10.0. The van der Waals surface area contributed by atoms with Crippen molar-refractivity contribution in [1.82, 2.24) is 19.9 Å². The molecule has 4 heterocycles. The van der Waals surface area contributed by atoms with Gasteiger partial charge in [0.1, 0.15) is 17.9 Å². The summed E-state index contributed by atoms with van der Waals surface area (Å²) in [4.78, 5) is 18.0. The number of aromatic nitrogens is 3. The van der Waals surface area contributed by atoms with Crippen LogP contribution in [0.5, 0.6) is 6.01 Å². The molecule has 2 atom stereocenters. The lowest BCUT2D eigenvalue weighted by Gasteiger charge is -2.26. The molecule has 2 aliphatic rings. The van der Waals surface area contributed by atoms with E-state index in [1.54, 1.807) is 12.1 Å². The van der Waals surface area contributed by atoms with Crippen molar-refractivity contribution in [3.05, 3.63) is 35.1 Å². The number of anilines is 2. The number of fused-ring (bicyclic) bond motifs is 2. The topological polar surface area (TPSA) is 101 Å². The minimum absolute atomic E-state index is 0.120. The number of nitrogens with zero attached hydrogens (tertiary/aromatic N) is 5. The van der Waals surface area contributed by atoms with Gasteiger partial charge in [0.2, 0.25) is 0 Å². The molecule has 0 amide bonds. The first-order valence-electron chi connectivity index (χ1n) is 13.0. The number of aliphatic hydroxyl groups excluding tert-OH is 1. The molecule has 3 N–H and O–H groups in total. The zero-order valence-corrected chi connectivity index (χ0v) is 22.7. The number of thiazole rings is 1. The van der Waals surface area contributed by atoms with E-state index in [0.29, 0.717) is 47.1 Å². The maximum absolute atomic E-state index is 16.5. The molecule has 0 saturated carbocycles. The zero-order chi connectivity index (χ0) is 26.4. The average molecular weight is 557 g/mol. The van der Waals surface area contributed by atoms with Crippen LogP contribution in [-0.4, -0.2) is 70.4 Å². The Labute approximate surface area is 229 Å². The van der Waals surface area contributed by atoms with Gasteiger partial charge in [0.15, 0.2) is 10.9 Å². The summed E-state index contributed by atoms with van der Waals surface area (Å²) in [6.45, 7) is 2.53. The van der Waals surface area contributed by atoms with Gasteiger partial charge in [-0.2, -0.15) is 9.97 Å². The van der Waals surface area contributed by atoms with Crippen LogP contribution in [0.3, 0.4) is 0 Å². The van der Waals surface area contributed by atoms with E-state index in [1.165, 1.54) is 11.3 Å². The van der Waals surface area contributed by atoms with E-state index in [-0.39, 0.29) is 28.2 Å². The molecule has 2 aromatic heterocycles. The highest BCUT2D eigenvalue weighted by atomic mass is 35.5. The Hall–Kier alpha value is -2.79. The van der Waals surface area contributed by atoms with Gasteiger partial charge in [-0.25, -0.2) is 9.37 Å². The number of rotatable bonds is 5. The number of aliphatic hydroxyl groups is 1. The Kier molecular flexibility index (Phi) is 6.98. The fourth-order valence-electron chi connectivity index (χ4n) is 5.55. The van der Waals surface area contributed by atoms with Crippen LogP contribution in [0.4, 0.5) is 15.3 Å². The molecule has 2 aliphatic heterocycles. The molecule has 4 aromatic rings. The molecule has 0 bridgehead atoms. The van der Waals surface area contributed by atoms with Gasteiger partial charge in [0.25, 0.3) is 0 Å². The fraction of sp³-hybridized carbons (Fsp3) is 0.444. The van der Waals surface area contributed by atoms with Crippen molar-refractivity contribution in [3.63, 3.8) is 0 Å². The van der Waals surface area contributed by atoms with E-state index in [1.807, 2.05) is 17.0 Å². The number of benzene rings is 2. The second-order valence-electron chi connectivity index (χ2n) is 10.2. The summed E-state index contributed by atoms with van der Waals surface area (Å²) in [6.07, 6.45) is 4.18. The largest absolute Gasteiger partial charge is 0.462 e. The number of β-amino-alcohol motifs (C(OH)–C–C–N with tert-alkyl or cyclic N) is 1. The first-order valence-corrected chi connectivity index (χ1v) is 14.2. The summed E-state index contributed by atoms with van der Waals surface area (Å²) < 4.78 is 23.4. The molecule has 2 aromatic carbocycles. The summed E-state index contributed by atoms with van der Waals surface area (Å²) in [5, 5.41) is 11.6. The van der Waals surface area contributed by atoms with Crippen LogP contribution in [0.2, 0.25) is 5.02 Å². The monoisotopic (exact) mass is 556 g/mol. The highest BCUT2D eigenvalue weighted by Gasteiger charge is 2.27. The van der Waals surface area contributed by atoms with E-state index >= 15 is 4.39 Å². The predicted octanol–water partition coefficient (Wildman–Crippen LogP) is 5.11. The minimum atomic E-state index is -0.562. The Balaban J connectivity index is 1.51. The summed E-state index contributed by atoms with van der Waals surface area (Å²) in [6, 6.07) is 7.62. The normalized spacial score (nSPS) is 20.9. The van der Waals surface area contributed by atoms with Gasteiger partial charge in [-0.15, -0.1) is 0 Å². The maximum atomic E-state index is 16.5. The third kappa shape index (κ3) is 4.75. The first kappa shape index (κ1) is 25.5. The molecule has 200 valence electrons. The van der Waals surface area contributed by atoms with E-state index in [4.69, 9.17) is 27.1 Å². The Morgan fingerprint density at radius 2 is 2.03 bits per heavy atom. The molecule has 2 saturated heterocycles. The van der Waals surface area contributed by atoms with Gasteiger partial charge in [-0.05, 0) is 57.8 Å². The lowest BCUT2D eigenvalue weighted by molar-refractivity contribution is 0.173. The van der Waals surface area contributed by atoms with Crippen LogP contribution < -0.4 is 15.4 Å². The summed E-state index contributed by atoms with van der Waals surface area (Å²) >= 11 is 8.11. The van der Waals surface area contributed by atoms with E-state index in [2.05, 4.69) is 21.9 Å². The number of halogens is 2. The van der Waals surface area contributed by atoms with Crippen LogP contribution in [0.25, 0.3) is 32.2 Å². The standard InChI is InChI=1S/C27H30ClFN6O2S/c1-34-10-5-6-15(34)14-37-27-32-24-18(25(33-27)35-11-3-2-7-16(36)13-35)12-19(28)21(22(24)29)17-8-4-9-20-23(17)31-26(30)38-20/h4,8-9,12,15-16,36H,2-3,5-7,10-11,13-14H2,1H3,(H2,30,31)/t15-,16?/m0/s1. The SMILES string of the molecule is CN1CCC[C@H]1COc1nc(N2CCCCC(O)C2)c2cc(Cl)c(-c3cccc4sc(N)nc34)c(F)c2n1. The summed E-state index contributed by atoms with van der Waals surface area (Å²) in [5.41, 5.74) is 7.46. The van der Waals surface area contributed by atoms with Crippen LogP contribution >= 0.6 is 22.9 Å². The third-order valence-corrected chi connectivity index (χ3v) is 8.72. The number of likely N-dealkylation sites (tertiary alicyclic amines) is 1. The predicted molar refractivity (Wildman–Crippen MR) is 151 cm³/mol. The van der Waals surface area contributed by atoms with Gasteiger partial charge in [0, 0.05) is 35.6 Å². The lowest BCUT2D eigenvalue weighted by Crippen LogP contribution is -2.32. The molecule has 38 heavy (non-hydrogen) atoms. The molecular formula is C27H30ClFN6O2S. The maximum Gasteiger partial charge on any atom is 0.319 e. The molecule has 0 aliphatic carbocycles. The molecule has 0 radical (unpaired) electrons. The summed E-state index contributed by atoms with van der Waals surface area (Å²) in [7, 11) is 2.08. The number of nitrogens with two attached hydrogens (primary N) is 1. The highest BCUT2D eigenvalue weighted by molar-refractivity contribution is 7.22. The Morgan fingerprint density at radius 3 is 2.84 bits per heavy atom. The second-order valence-corrected chi connectivity index (χ2v) is 11.6. The van der Waals surface area contributed by atoms with Crippen LogP contribution in [0.15, 0.2) is 24.3 Å². The van der Waals surface area contributed by atoms with Crippen molar-refractivity contribution in [2.24, 2.45) is 0 Å². The van der Waals surface area contributed by atoms with Gasteiger partial charge < -0.3 is 25.4 Å². The van der Waals surface area contributed by atoms with Gasteiger partial charge in [-0.3, -0.25) is 0 Å². The van der Waals surface area contributed by atoms with Crippen LogP contribution in [0, 0.1) is 5.82 Å². The second kappa shape index (κ2) is 10.4. The zero-order valence-electron chi connectivity index (χ0n) is 21.2. The number of hydrogen-bond donors (Lipinski definition) is 2. The Morgan fingerprint density at radius 1 is 1.16 bits per heavy atom. The number of ether oxygens (including phenoxy) is 1. The minimum Gasteiger partial charge on any atom is -0.462 e. The fourth-order valence-corrected chi connectivity index (χ4v) is 6.61. The van der Waals surface area contributed by atoms with E-state index in [9.17, 15) is 5.11 Å². The van der Waals surface area contributed by atoms with E-state index in [0.717, 1.165) is 43.3 Å². The van der Waals surface area contributed by atoms with E-state index < -0.39 is 11.9 Å². The summed E-state index contributed by atoms with van der Waals surface area (Å²) in [5.74, 6) is -0.0392. The number of likely N-dealkylation sites (N-methyl/N-ethyl adjacent to an activating group) is 1. The van der Waals surface area contributed by atoms with Crippen molar-refractivity contribution in [1.29, 1.82) is 0 Å². The van der Waals surface area contributed by atoms with Gasteiger partial charge in [0.05, 0.1) is 21.3 Å². The molecule has 1 unspecified atom stereocenters. The number of nitrogen functional groups attached to an aromatic ring is 1. The molecule has 6 rings (SSSR count). The van der Waals surface area contributed by atoms with Crippen molar-refractivity contribution >= 4 is 55.0 Å². The molecule has 2 fully saturated rings. The van der Waals surface area contributed by atoms with Crippen LogP contribution in [0.1, 0.15) is 32.1 Å². The number of para-hydroxylation sites is 1. The first-order chi connectivity index (χ1) is 18.4. The molecule has 0 spiro atoms. The third-order valence-electron chi connectivity index (χ3n) is 7.57. The molecule has 8 nitrogen and oxygen atoms in total. The van der Waals surface area contributed by atoms with Gasteiger partial charge in [-0.1, -0.05) is 35.1 Å². The highest BCUT2D eigenvalue weighted by Crippen LogP contribution is 2.42. The van der Waals surface area contributed by atoms with Crippen molar-refractivity contribution in [2.45, 2.75) is 44.2 Å². The smallest absolute Gasteiger partial charge is 0.319 e. The average Bonchev–Trinajstić information content (AvgIpc) is 3.41. The van der Waals surface area contributed by atoms with Crippen molar-refractivity contribution in [3.8, 4) is 17.1 Å². The molecule has 11 heteroatoms. The quantitative estimate of drug-likeness (QED) is 0.350. The van der Waals surface area contributed by atoms with Gasteiger partial charge >= 0.3 is 6.01 Å². The number of hydrogen-bond acceptors (Lipinski definition) is 9. The Bertz CT molecular complexity index is 1500. The van der Waals surface area contributed by atoms with Crippen molar-refractivity contribution < 1.29 is 14.2 Å². The van der Waals surface area contributed by atoms with Crippen LogP contribution in [-0.2, 0) is 0 Å². The van der Waals surface area contributed by atoms with Crippen molar-refractivity contribution in [2.75, 3.05) is 43.9 Å². The molecular weight excluding hydrogens is 527 g/mol.